The minimum atomic E-state index is -0.184. The van der Waals surface area contributed by atoms with E-state index in [9.17, 15) is 9.90 Å². The van der Waals surface area contributed by atoms with Crippen LogP contribution in [-0.2, 0) is 4.79 Å². The molecule has 2 N–H and O–H groups in total. The van der Waals surface area contributed by atoms with Gasteiger partial charge in [-0.25, -0.2) is 4.68 Å². The van der Waals surface area contributed by atoms with Crippen molar-refractivity contribution in [1.29, 1.82) is 0 Å². The van der Waals surface area contributed by atoms with Crippen molar-refractivity contribution in [3.8, 4) is 17.2 Å². The number of hydrogen-bond acceptors (Lipinski definition) is 4. The Morgan fingerprint density at radius 3 is 2.93 bits per heavy atom. The first-order chi connectivity index (χ1) is 13.0. The highest BCUT2D eigenvalue weighted by molar-refractivity contribution is 6.31. The second-order valence-electron chi connectivity index (χ2n) is 6.48. The number of carbonyl (C=O) groups is 1. The summed E-state index contributed by atoms with van der Waals surface area (Å²) in [6, 6.07) is 10.7. The average molecular weight is 384 g/mol. The molecule has 0 bridgehead atoms. The summed E-state index contributed by atoms with van der Waals surface area (Å²) in [5.74, 6) is 0.788. The van der Waals surface area contributed by atoms with Crippen molar-refractivity contribution < 1.29 is 14.6 Å². The van der Waals surface area contributed by atoms with E-state index in [1.807, 2.05) is 25.1 Å². The van der Waals surface area contributed by atoms with E-state index >= 15 is 0 Å². The number of phenolic OH excluding ortho intramolecular Hbond substituents is 1. The molecule has 0 aliphatic carbocycles. The average Bonchev–Trinajstić information content (AvgIpc) is 3.07. The molecule has 0 spiro atoms. The van der Waals surface area contributed by atoms with Crippen LogP contribution < -0.4 is 10.1 Å². The van der Waals surface area contributed by atoms with Crippen molar-refractivity contribution in [2.45, 2.75) is 19.3 Å². The quantitative estimate of drug-likeness (QED) is 0.716. The van der Waals surface area contributed by atoms with Crippen molar-refractivity contribution in [3.63, 3.8) is 0 Å². The first kappa shape index (κ1) is 17.4. The number of hydrogen-bond donors (Lipinski definition) is 2. The molecule has 2 aromatic carbocycles. The minimum Gasteiger partial charge on any atom is -0.504 e. The number of aromatic nitrogens is 2. The molecule has 3 aromatic rings. The number of carbonyl (C=O) groups excluding carboxylic acids is 1. The number of benzene rings is 2. The number of nitrogens with zero attached hydrogens (tertiary/aromatic N) is 2. The number of fused-ring (bicyclic) bond motifs is 1. The predicted molar refractivity (Wildman–Crippen MR) is 103 cm³/mol. The number of anilines is 1. The summed E-state index contributed by atoms with van der Waals surface area (Å²) in [6.45, 7) is 1.92. The van der Waals surface area contributed by atoms with Gasteiger partial charge in [-0.2, -0.15) is 5.10 Å². The van der Waals surface area contributed by atoms with Gasteiger partial charge in [0.15, 0.2) is 11.5 Å². The maximum absolute atomic E-state index is 12.4. The highest BCUT2D eigenvalue weighted by Gasteiger charge is 2.31. The number of amides is 1. The molecule has 138 valence electrons. The summed E-state index contributed by atoms with van der Waals surface area (Å²) in [4.78, 5) is 12.4. The lowest BCUT2D eigenvalue weighted by Crippen LogP contribution is -2.24. The first-order valence-electron chi connectivity index (χ1n) is 8.49. The second-order valence-corrected chi connectivity index (χ2v) is 6.89. The van der Waals surface area contributed by atoms with Gasteiger partial charge in [-0.1, -0.05) is 23.7 Å². The molecule has 1 aliphatic rings. The number of phenols is 1. The molecule has 0 saturated heterocycles. The molecule has 27 heavy (non-hydrogen) atoms. The van der Waals surface area contributed by atoms with Crippen LogP contribution in [0.2, 0.25) is 5.02 Å². The van der Waals surface area contributed by atoms with Gasteiger partial charge in [0, 0.05) is 22.9 Å². The summed E-state index contributed by atoms with van der Waals surface area (Å²) in [6.07, 6.45) is 2.06. The Kier molecular flexibility index (Phi) is 4.28. The highest BCUT2D eigenvalue weighted by Crippen LogP contribution is 2.41. The summed E-state index contributed by atoms with van der Waals surface area (Å²) in [5.41, 5.74) is 3.48. The third kappa shape index (κ3) is 2.92. The highest BCUT2D eigenvalue weighted by atomic mass is 35.5. The van der Waals surface area contributed by atoms with Crippen LogP contribution in [-0.4, -0.2) is 27.9 Å². The molecule has 1 aromatic heterocycles. The van der Waals surface area contributed by atoms with Gasteiger partial charge in [0.05, 0.1) is 19.0 Å². The largest absolute Gasteiger partial charge is 0.504 e. The Morgan fingerprint density at radius 1 is 1.33 bits per heavy atom. The molecule has 4 rings (SSSR count). The lowest BCUT2D eigenvalue weighted by molar-refractivity contribution is -0.116. The molecule has 0 radical (unpaired) electrons. The van der Waals surface area contributed by atoms with E-state index in [4.69, 9.17) is 16.3 Å². The molecule has 1 atom stereocenters. The number of rotatable bonds is 3. The van der Waals surface area contributed by atoms with Crippen LogP contribution in [0.4, 0.5) is 5.82 Å². The topological polar surface area (TPSA) is 76.4 Å². The zero-order valence-corrected chi connectivity index (χ0v) is 15.6. The van der Waals surface area contributed by atoms with Crippen LogP contribution in [0, 0.1) is 6.92 Å². The Morgan fingerprint density at radius 2 is 2.15 bits per heavy atom. The Hall–Kier alpha value is -2.99. The lowest BCUT2D eigenvalue weighted by atomic mass is 9.87. The van der Waals surface area contributed by atoms with Gasteiger partial charge in [0.2, 0.25) is 5.91 Å². The molecule has 0 saturated carbocycles. The normalized spacial score (nSPS) is 16.0. The Bertz CT molecular complexity index is 1040. The van der Waals surface area contributed by atoms with Crippen LogP contribution in [0.5, 0.6) is 11.5 Å². The first-order valence-corrected chi connectivity index (χ1v) is 8.87. The van der Waals surface area contributed by atoms with Gasteiger partial charge < -0.3 is 15.2 Å². The van der Waals surface area contributed by atoms with Gasteiger partial charge in [-0.3, -0.25) is 4.79 Å². The van der Waals surface area contributed by atoms with Crippen LogP contribution in [0.15, 0.2) is 42.6 Å². The fourth-order valence-electron chi connectivity index (χ4n) is 3.44. The standard InChI is InChI=1S/C20H18ClN3O3/c1-11-15(21)4-3-5-16(11)24-20-14(10-22-24)13(9-19(26)23-20)12-6-7-17(25)18(8-12)27-2/h3-8,10,13,25H,9H2,1-2H3,(H,23,26). The second kappa shape index (κ2) is 6.63. The van der Waals surface area contributed by atoms with Crippen LogP contribution in [0.25, 0.3) is 5.69 Å². The zero-order chi connectivity index (χ0) is 19.1. The van der Waals surface area contributed by atoms with Crippen molar-refractivity contribution in [2.24, 2.45) is 0 Å². The monoisotopic (exact) mass is 383 g/mol. The smallest absolute Gasteiger partial charge is 0.226 e. The fraction of sp³-hybridized carbons (Fsp3) is 0.200. The molecule has 6 nitrogen and oxygen atoms in total. The van der Waals surface area contributed by atoms with E-state index in [-0.39, 0.29) is 17.6 Å². The molecular formula is C20H18ClN3O3. The Labute approximate surface area is 161 Å². The summed E-state index contributed by atoms with van der Waals surface area (Å²) in [7, 11) is 1.50. The number of halogens is 1. The summed E-state index contributed by atoms with van der Waals surface area (Å²) < 4.78 is 6.92. The number of ether oxygens (including phenoxy) is 1. The van der Waals surface area contributed by atoms with E-state index in [2.05, 4.69) is 10.4 Å². The predicted octanol–water partition coefficient (Wildman–Crippen LogP) is 4.02. The van der Waals surface area contributed by atoms with Crippen molar-refractivity contribution in [2.75, 3.05) is 12.4 Å². The third-order valence-corrected chi connectivity index (χ3v) is 5.30. The van der Waals surface area contributed by atoms with Crippen molar-refractivity contribution in [3.05, 3.63) is 64.3 Å². The van der Waals surface area contributed by atoms with Gasteiger partial charge in [0.1, 0.15) is 5.82 Å². The maximum Gasteiger partial charge on any atom is 0.226 e. The van der Waals surface area contributed by atoms with Crippen LogP contribution >= 0.6 is 11.6 Å². The molecule has 0 fully saturated rings. The fourth-order valence-corrected chi connectivity index (χ4v) is 3.61. The van der Waals surface area contributed by atoms with E-state index in [1.54, 1.807) is 29.1 Å². The molecule has 7 heteroatoms. The maximum atomic E-state index is 12.4. The van der Waals surface area contributed by atoms with E-state index in [0.717, 1.165) is 22.4 Å². The number of nitrogens with one attached hydrogen (secondary N) is 1. The van der Waals surface area contributed by atoms with Gasteiger partial charge in [-0.15, -0.1) is 0 Å². The summed E-state index contributed by atoms with van der Waals surface area (Å²) in [5, 5.41) is 17.9. The Balaban J connectivity index is 1.84. The van der Waals surface area contributed by atoms with E-state index < -0.39 is 0 Å². The molecule has 1 aliphatic heterocycles. The van der Waals surface area contributed by atoms with E-state index in [1.165, 1.54) is 7.11 Å². The minimum absolute atomic E-state index is 0.0620. The number of aromatic hydroxyl groups is 1. The summed E-state index contributed by atoms with van der Waals surface area (Å²) >= 11 is 6.25. The third-order valence-electron chi connectivity index (χ3n) is 4.89. The van der Waals surface area contributed by atoms with Gasteiger partial charge in [0.25, 0.3) is 0 Å². The molecule has 2 heterocycles. The molecule has 1 unspecified atom stereocenters. The van der Waals surface area contributed by atoms with Crippen molar-refractivity contribution >= 4 is 23.3 Å². The zero-order valence-electron chi connectivity index (χ0n) is 14.9. The van der Waals surface area contributed by atoms with Crippen molar-refractivity contribution in [1.82, 2.24) is 9.78 Å². The lowest BCUT2D eigenvalue weighted by Gasteiger charge is -2.24. The SMILES string of the molecule is COc1cc(C2CC(=O)Nc3c2cnn3-c2cccc(Cl)c2C)ccc1O. The van der Waals surface area contributed by atoms with Crippen LogP contribution in [0.1, 0.15) is 29.0 Å². The number of methoxy groups -OCH3 is 1. The molecular weight excluding hydrogens is 366 g/mol. The van der Waals surface area contributed by atoms with Crippen LogP contribution in [0.3, 0.4) is 0 Å². The molecule has 1 amide bonds. The van der Waals surface area contributed by atoms with Gasteiger partial charge >= 0.3 is 0 Å². The van der Waals surface area contributed by atoms with E-state index in [0.29, 0.717) is 23.0 Å². The van der Waals surface area contributed by atoms with Gasteiger partial charge in [-0.05, 0) is 42.3 Å².